The molecule has 1 N–H and O–H groups in total. The molecule has 0 bridgehead atoms. The van der Waals surface area contributed by atoms with Gasteiger partial charge in [0.2, 0.25) is 0 Å². The van der Waals surface area contributed by atoms with E-state index in [0.29, 0.717) is 0 Å². The summed E-state index contributed by atoms with van der Waals surface area (Å²) in [5, 5.41) is 7.77. The highest BCUT2D eigenvalue weighted by Crippen LogP contribution is 2.43. The van der Waals surface area contributed by atoms with Crippen LogP contribution in [-0.4, -0.2) is 23.1 Å². The summed E-state index contributed by atoms with van der Waals surface area (Å²) >= 11 is 0. The maximum atomic E-state index is 12.0. The molecule has 12 heavy (non-hydrogen) atoms. The van der Waals surface area contributed by atoms with E-state index in [9.17, 15) is 26.3 Å². The lowest BCUT2D eigenvalue weighted by atomic mass is 10.1. The van der Waals surface area contributed by atoms with Crippen molar-refractivity contribution in [2.45, 2.75) is 18.0 Å². The van der Waals surface area contributed by atoms with Crippen molar-refractivity contribution < 1.29 is 31.4 Å². The zero-order chi connectivity index (χ0) is 10.2. The molecule has 0 aromatic heterocycles. The summed E-state index contributed by atoms with van der Waals surface area (Å²) in [6, 6.07) is 0. The molecule has 0 saturated heterocycles. The monoisotopic (exact) mass is 194 g/mol. The predicted octanol–water partition coefficient (Wildman–Crippen LogP) is 2.03. The normalized spacial score (nSPS) is 18.6. The highest BCUT2D eigenvalue weighted by atomic mass is 19.4. The first kappa shape index (κ1) is 11.3. The molecule has 0 heterocycles. The smallest absolute Gasteiger partial charge is 0.350 e. The molecule has 0 aliphatic carbocycles. The quantitative estimate of drug-likeness (QED) is 0.526. The fraction of sp³-hybridized carbons (Fsp3) is 0.600. The van der Waals surface area contributed by atoms with Crippen LogP contribution in [0, 0.1) is 0 Å². The largest absolute Gasteiger partial charge is 0.455 e. The number of rotatable bonds is 2. The average molecular weight is 194 g/mol. The van der Waals surface area contributed by atoms with E-state index >= 15 is 0 Å². The van der Waals surface area contributed by atoms with Crippen molar-refractivity contribution in [3.63, 3.8) is 0 Å². The van der Waals surface area contributed by atoms with Gasteiger partial charge in [0, 0.05) is 0 Å². The molecule has 0 saturated carbocycles. The Labute approximate surface area is 63.3 Å². The molecule has 0 spiro atoms. The first-order chi connectivity index (χ1) is 5.06. The minimum absolute atomic E-state index is 0.611. The summed E-state index contributed by atoms with van der Waals surface area (Å²) in [5.41, 5.74) is 0. The predicted molar refractivity (Wildman–Crippen MR) is 27.3 cm³/mol. The van der Waals surface area contributed by atoms with Gasteiger partial charge in [-0.25, -0.2) is 0 Å². The Bertz CT molecular complexity index is 181. The van der Waals surface area contributed by atoms with E-state index < -0.39 is 24.0 Å². The molecule has 1 nitrogen and oxygen atoms in total. The van der Waals surface area contributed by atoms with Gasteiger partial charge >= 0.3 is 18.0 Å². The van der Waals surface area contributed by atoms with Crippen molar-refractivity contribution >= 4 is 0 Å². The second kappa shape index (κ2) is 2.65. The summed E-state index contributed by atoms with van der Waals surface area (Å²) in [4.78, 5) is 0. The van der Waals surface area contributed by atoms with Gasteiger partial charge in [-0.1, -0.05) is 6.58 Å². The summed E-state index contributed by atoms with van der Waals surface area (Å²) in [6.45, 7) is 2.26. The van der Waals surface area contributed by atoms with Crippen LogP contribution in [0.15, 0.2) is 12.7 Å². The lowest BCUT2D eigenvalue weighted by Gasteiger charge is -2.27. The SMILES string of the molecule is C=CC(F)(F)[C@@](O)(F)C(F)(F)F. The van der Waals surface area contributed by atoms with Gasteiger partial charge in [0.05, 0.1) is 0 Å². The summed E-state index contributed by atoms with van der Waals surface area (Å²) in [6.07, 6.45) is -6.66. The molecule has 0 aliphatic rings. The van der Waals surface area contributed by atoms with Crippen LogP contribution in [0.1, 0.15) is 0 Å². The Hall–Kier alpha value is -0.720. The molecule has 0 amide bonds. The number of halogens is 6. The maximum absolute atomic E-state index is 12.0. The van der Waals surface area contributed by atoms with Gasteiger partial charge in [0.1, 0.15) is 0 Å². The summed E-state index contributed by atoms with van der Waals surface area (Å²) in [7, 11) is 0. The fourth-order valence-electron chi connectivity index (χ4n) is 0.324. The van der Waals surface area contributed by atoms with Crippen molar-refractivity contribution in [3.8, 4) is 0 Å². The van der Waals surface area contributed by atoms with Crippen LogP contribution in [0.2, 0.25) is 0 Å². The third-order valence-corrected chi connectivity index (χ3v) is 1.07. The van der Waals surface area contributed by atoms with Gasteiger partial charge in [0.15, 0.2) is 0 Å². The van der Waals surface area contributed by atoms with Crippen LogP contribution in [0.5, 0.6) is 0 Å². The Kier molecular flexibility index (Phi) is 2.49. The minimum atomic E-state index is -6.05. The highest BCUT2D eigenvalue weighted by Gasteiger charge is 2.69. The van der Waals surface area contributed by atoms with Gasteiger partial charge in [-0.2, -0.15) is 26.3 Å². The number of hydrogen-bond acceptors (Lipinski definition) is 1. The Balaban J connectivity index is 4.97. The average Bonchev–Trinajstić information content (AvgIpc) is 1.85. The molecule has 0 aromatic carbocycles. The first-order valence-electron chi connectivity index (χ1n) is 2.55. The fourth-order valence-corrected chi connectivity index (χ4v) is 0.324. The first-order valence-corrected chi connectivity index (χ1v) is 2.55. The van der Waals surface area contributed by atoms with Crippen molar-refractivity contribution in [3.05, 3.63) is 12.7 Å². The Morgan fingerprint density at radius 2 is 1.33 bits per heavy atom. The third-order valence-electron chi connectivity index (χ3n) is 1.07. The maximum Gasteiger partial charge on any atom is 0.455 e. The van der Waals surface area contributed by atoms with Gasteiger partial charge < -0.3 is 5.11 Å². The van der Waals surface area contributed by atoms with Crippen molar-refractivity contribution in [1.82, 2.24) is 0 Å². The van der Waals surface area contributed by atoms with E-state index in [0.717, 1.165) is 0 Å². The van der Waals surface area contributed by atoms with Crippen LogP contribution >= 0.6 is 0 Å². The van der Waals surface area contributed by atoms with Gasteiger partial charge in [-0.3, -0.25) is 0 Å². The number of hydrogen-bond donors (Lipinski definition) is 1. The zero-order valence-corrected chi connectivity index (χ0v) is 5.50. The van der Waals surface area contributed by atoms with E-state index in [2.05, 4.69) is 6.58 Å². The Morgan fingerprint density at radius 1 is 1.00 bits per heavy atom. The van der Waals surface area contributed by atoms with Crippen LogP contribution in [0.4, 0.5) is 26.3 Å². The molecule has 0 aromatic rings. The second-order valence-corrected chi connectivity index (χ2v) is 1.95. The molecular formula is C5H4F6O. The lowest BCUT2D eigenvalue weighted by Crippen LogP contribution is -2.54. The van der Waals surface area contributed by atoms with Gasteiger partial charge in [-0.05, 0) is 6.08 Å². The third kappa shape index (κ3) is 1.55. The molecule has 0 aliphatic heterocycles. The topological polar surface area (TPSA) is 20.2 Å². The Morgan fingerprint density at radius 3 is 1.42 bits per heavy atom. The van der Waals surface area contributed by atoms with Crippen LogP contribution < -0.4 is 0 Å². The van der Waals surface area contributed by atoms with Crippen molar-refractivity contribution in [1.29, 1.82) is 0 Å². The van der Waals surface area contributed by atoms with Gasteiger partial charge in [0.25, 0.3) is 0 Å². The standard InChI is InChI=1S/C5H4F6O/c1-2-3(6,7)4(8,12)5(9,10)11/h2,12H,1H2/t4-/m0/s1. The zero-order valence-electron chi connectivity index (χ0n) is 5.50. The van der Waals surface area contributed by atoms with E-state index in [1.807, 2.05) is 0 Å². The number of aliphatic hydroxyl groups is 1. The lowest BCUT2D eigenvalue weighted by molar-refractivity contribution is -0.373. The molecule has 0 fully saturated rings. The van der Waals surface area contributed by atoms with Gasteiger partial charge in [-0.15, -0.1) is 0 Å². The van der Waals surface area contributed by atoms with Crippen LogP contribution in [-0.2, 0) is 0 Å². The van der Waals surface area contributed by atoms with Crippen molar-refractivity contribution in [2.75, 3.05) is 0 Å². The summed E-state index contributed by atoms with van der Waals surface area (Å²) < 4.78 is 70.0. The summed E-state index contributed by atoms with van der Waals surface area (Å²) in [5.74, 6) is -10.6. The van der Waals surface area contributed by atoms with E-state index in [-0.39, 0.29) is 0 Å². The van der Waals surface area contributed by atoms with Crippen LogP contribution in [0.25, 0.3) is 0 Å². The molecular weight excluding hydrogens is 190 g/mol. The van der Waals surface area contributed by atoms with Crippen LogP contribution in [0.3, 0.4) is 0 Å². The van der Waals surface area contributed by atoms with E-state index in [1.165, 1.54) is 0 Å². The molecule has 0 radical (unpaired) electrons. The number of alkyl halides is 6. The van der Waals surface area contributed by atoms with Crippen molar-refractivity contribution in [2.24, 2.45) is 0 Å². The molecule has 0 rings (SSSR count). The van der Waals surface area contributed by atoms with E-state index in [1.54, 1.807) is 0 Å². The highest BCUT2D eigenvalue weighted by molar-refractivity contribution is 5.01. The molecule has 7 heteroatoms. The molecule has 72 valence electrons. The second-order valence-electron chi connectivity index (χ2n) is 1.95. The molecule has 0 unspecified atom stereocenters. The van der Waals surface area contributed by atoms with E-state index in [4.69, 9.17) is 5.11 Å². The minimum Gasteiger partial charge on any atom is -0.350 e. The molecule has 1 atom stereocenters.